The second kappa shape index (κ2) is 9.88. The van der Waals surface area contributed by atoms with Gasteiger partial charge in [0.05, 0.1) is 11.1 Å². The smallest absolute Gasteiger partial charge is 0.343 e. The molecule has 0 atom stereocenters. The zero-order valence-corrected chi connectivity index (χ0v) is 14.8. The van der Waals surface area contributed by atoms with Gasteiger partial charge in [-0.15, -0.1) is 0 Å². The van der Waals surface area contributed by atoms with Crippen LogP contribution in [0.1, 0.15) is 42.1 Å². The molecule has 0 unspecified atom stereocenters. The van der Waals surface area contributed by atoms with Crippen LogP contribution in [0.2, 0.25) is 0 Å². The number of ether oxygens (including phenoxy) is 2. The highest BCUT2D eigenvalue weighted by Crippen LogP contribution is 2.19. The van der Waals surface area contributed by atoms with Gasteiger partial charge < -0.3 is 9.47 Å². The van der Waals surface area contributed by atoms with Crippen LogP contribution >= 0.6 is 0 Å². The van der Waals surface area contributed by atoms with Crippen LogP contribution in [0.25, 0.3) is 0 Å². The van der Waals surface area contributed by atoms with Gasteiger partial charge >= 0.3 is 11.9 Å². The zero-order valence-electron chi connectivity index (χ0n) is 14.8. The van der Waals surface area contributed by atoms with E-state index in [1.165, 1.54) is 42.5 Å². The fourth-order valence-electron chi connectivity index (χ4n) is 2.13. The average Bonchev–Trinajstić information content (AvgIpc) is 2.66. The van der Waals surface area contributed by atoms with E-state index in [0.717, 1.165) is 25.3 Å². The molecule has 0 saturated carbocycles. The molecule has 0 aliphatic rings. The van der Waals surface area contributed by atoms with Crippen LogP contribution in [-0.4, -0.2) is 11.9 Å². The number of rotatable bonds is 7. The maximum atomic E-state index is 13.5. The first-order valence-electron chi connectivity index (χ1n) is 8.43. The van der Waals surface area contributed by atoms with Crippen molar-refractivity contribution in [3.05, 3.63) is 71.6 Å². The number of halogens is 1. The fraction of sp³-hybridized carbons (Fsp3) is 0.190. The van der Waals surface area contributed by atoms with Gasteiger partial charge in [0, 0.05) is 12.1 Å². The molecule has 2 aromatic rings. The van der Waals surface area contributed by atoms with E-state index in [9.17, 15) is 14.0 Å². The zero-order chi connectivity index (χ0) is 19.6. The summed E-state index contributed by atoms with van der Waals surface area (Å²) < 4.78 is 23.7. The van der Waals surface area contributed by atoms with Crippen molar-refractivity contribution in [3.8, 4) is 17.6 Å². The summed E-state index contributed by atoms with van der Waals surface area (Å²) in [6, 6.07) is 11.0. The molecule has 0 bridgehead atoms. The monoisotopic (exact) mass is 367 g/mol. The van der Waals surface area contributed by atoms with E-state index in [1.54, 1.807) is 12.1 Å². The van der Waals surface area contributed by atoms with E-state index < -0.39 is 17.8 Å². The summed E-state index contributed by atoms with van der Waals surface area (Å²) in [7, 11) is 0. The molecule has 0 aliphatic carbocycles. The van der Waals surface area contributed by atoms with Gasteiger partial charge in [-0.2, -0.15) is 5.26 Å². The lowest BCUT2D eigenvalue weighted by molar-refractivity contribution is -0.129. The molecule has 0 aromatic heterocycles. The lowest BCUT2D eigenvalue weighted by Gasteiger charge is -2.06. The third-order valence-electron chi connectivity index (χ3n) is 3.56. The van der Waals surface area contributed by atoms with Gasteiger partial charge in [-0.1, -0.05) is 25.8 Å². The van der Waals surface area contributed by atoms with Gasteiger partial charge in [0.15, 0.2) is 0 Å². The Labute approximate surface area is 156 Å². The van der Waals surface area contributed by atoms with Crippen LogP contribution in [0.15, 0.2) is 54.6 Å². The van der Waals surface area contributed by atoms with Gasteiger partial charge in [0.1, 0.15) is 23.4 Å². The second-order valence-corrected chi connectivity index (χ2v) is 5.63. The minimum Gasteiger partial charge on any atom is -0.423 e. The summed E-state index contributed by atoms with van der Waals surface area (Å²) >= 11 is 0. The summed E-state index contributed by atoms with van der Waals surface area (Å²) in [5.74, 6) is -1.67. The Kier molecular flexibility index (Phi) is 7.26. The minimum absolute atomic E-state index is 0.00998. The predicted molar refractivity (Wildman–Crippen MR) is 96.8 cm³/mol. The van der Waals surface area contributed by atoms with Gasteiger partial charge in [-0.05, 0) is 42.8 Å². The molecule has 5 nitrogen and oxygen atoms in total. The number of unbranched alkanes of at least 4 members (excludes halogenated alkanes) is 2. The maximum Gasteiger partial charge on any atom is 0.343 e. The number of carbonyl (C=O) groups excluding carboxylic acids is 2. The highest BCUT2D eigenvalue weighted by atomic mass is 19.1. The average molecular weight is 367 g/mol. The quantitative estimate of drug-likeness (QED) is 0.310. The van der Waals surface area contributed by atoms with Crippen LogP contribution in [-0.2, 0) is 4.79 Å². The van der Waals surface area contributed by atoms with E-state index >= 15 is 0 Å². The molecule has 0 radical (unpaired) electrons. The van der Waals surface area contributed by atoms with Crippen LogP contribution in [0.3, 0.4) is 0 Å². The number of hydrogen-bond donors (Lipinski definition) is 0. The molecule has 0 saturated heterocycles. The number of allylic oxidation sites excluding steroid dienone is 1. The first-order chi connectivity index (χ1) is 13.0. The molecule has 6 heteroatoms. The van der Waals surface area contributed by atoms with Crippen molar-refractivity contribution in [1.82, 2.24) is 0 Å². The Bertz CT molecular complexity index is 882. The number of carbonyl (C=O) groups is 2. The second-order valence-electron chi connectivity index (χ2n) is 5.63. The normalized spacial score (nSPS) is 10.4. The number of nitriles is 1. The molecular formula is C21H18FNO4. The molecule has 0 N–H and O–H groups in total. The van der Waals surface area contributed by atoms with Crippen molar-refractivity contribution < 1.29 is 23.5 Å². The first kappa shape index (κ1) is 19.9. The summed E-state index contributed by atoms with van der Waals surface area (Å²) in [6.07, 6.45) is 5.99. The molecule has 27 heavy (non-hydrogen) atoms. The van der Waals surface area contributed by atoms with Crippen LogP contribution < -0.4 is 9.47 Å². The Morgan fingerprint density at radius 1 is 1.11 bits per heavy atom. The molecule has 0 heterocycles. The number of benzene rings is 2. The molecule has 0 amide bonds. The van der Waals surface area contributed by atoms with Crippen LogP contribution in [0.4, 0.5) is 4.39 Å². The lowest BCUT2D eigenvalue weighted by atomic mass is 10.2. The van der Waals surface area contributed by atoms with Crippen LogP contribution in [0, 0.1) is 17.1 Å². The van der Waals surface area contributed by atoms with Crippen molar-refractivity contribution in [1.29, 1.82) is 5.26 Å². The Morgan fingerprint density at radius 3 is 2.44 bits per heavy atom. The summed E-state index contributed by atoms with van der Waals surface area (Å²) in [6.45, 7) is 2.07. The van der Waals surface area contributed by atoms with Crippen LogP contribution in [0.5, 0.6) is 11.5 Å². The van der Waals surface area contributed by atoms with Crippen molar-refractivity contribution in [2.45, 2.75) is 26.2 Å². The van der Waals surface area contributed by atoms with E-state index in [1.807, 2.05) is 0 Å². The van der Waals surface area contributed by atoms with Gasteiger partial charge in [0.25, 0.3) is 0 Å². The third kappa shape index (κ3) is 6.08. The number of hydrogen-bond acceptors (Lipinski definition) is 5. The standard InChI is InChI=1S/C21H18FNO4/c1-2-3-4-5-6-20(24)26-17-10-7-15(8-11-17)21(25)27-18-12-9-16(14-23)19(22)13-18/h5-13H,2-4H2,1H3. The third-order valence-corrected chi connectivity index (χ3v) is 3.56. The highest BCUT2D eigenvalue weighted by molar-refractivity contribution is 5.91. The van der Waals surface area contributed by atoms with E-state index in [0.29, 0.717) is 5.75 Å². The van der Waals surface area contributed by atoms with Crippen molar-refractivity contribution >= 4 is 11.9 Å². The molecular weight excluding hydrogens is 349 g/mol. The molecule has 2 aromatic carbocycles. The highest BCUT2D eigenvalue weighted by Gasteiger charge is 2.11. The van der Waals surface area contributed by atoms with Crippen molar-refractivity contribution in [2.75, 3.05) is 0 Å². The molecule has 0 aliphatic heterocycles. The Morgan fingerprint density at radius 2 is 1.81 bits per heavy atom. The molecule has 2 rings (SSSR count). The summed E-state index contributed by atoms with van der Waals surface area (Å²) in [4.78, 5) is 23.7. The molecule has 0 fully saturated rings. The predicted octanol–water partition coefficient (Wildman–Crippen LogP) is 4.57. The topological polar surface area (TPSA) is 76.4 Å². The Hall–Kier alpha value is -3.46. The van der Waals surface area contributed by atoms with Gasteiger partial charge in [-0.25, -0.2) is 14.0 Å². The van der Waals surface area contributed by atoms with E-state index in [4.69, 9.17) is 14.7 Å². The maximum absolute atomic E-state index is 13.5. The Balaban J connectivity index is 1.95. The summed E-state index contributed by atoms with van der Waals surface area (Å²) in [5.41, 5.74) is 0.0720. The number of esters is 2. The molecule has 138 valence electrons. The largest absolute Gasteiger partial charge is 0.423 e. The van der Waals surface area contributed by atoms with E-state index in [2.05, 4.69) is 6.92 Å². The van der Waals surface area contributed by atoms with Crippen molar-refractivity contribution in [3.63, 3.8) is 0 Å². The first-order valence-corrected chi connectivity index (χ1v) is 8.43. The number of nitrogens with zero attached hydrogens (tertiary/aromatic N) is 1. The van der Waals surface area contributed by atoms with Gasteiger partial charge in [0.2, 0.25) is 0 Å². The minimum atomic E-state index is -0.767. The van der Waals surface area contributed by atoms with Crippen molar-refractivity contribution in [2.24, 2.45) is 0 Å². The van der Waals surface area contributed by atoms with E-state index in [-0.39, 0.29) is 16.9 Å². The fourth-order valence-corrected chi connectivity index (χ4v) is 2.13. The van der Waals surface area contributed by atoms with Gasteiger partial charge in [-0.3, -0.25) is 0 Å². The SMILES string of the molecule is CCCCC=CC(=O)Oc1ccc(C(=O)Oc2ccc(C#N)c(F)c2)cc1. The lowest BCUT2D eigenvalue weighted by Crippen LogP contribution is -2.09. The summed E-state index contributed by atoms with van der Waals surface area (Å²) in [5, 5.41) is 8.69. The molecule has 0 spiro atoms.